The maximum atomic E-state index is 13.2. The van der Waals surface area contributed by atoms with E-state index in [1.54, 1.807) is 19.5 Å². The Kier molecular flexibility index (Phi) is 6.66. The zero-order valence-electron chi connectivity index (χ0n) is 14.9. The topological polar surface area (TPSA) is 81.9 Å². The molecule has 2 aromatic heterocycles. The van der Waals surface area contributed by atoms with Crippen molar-refractivity contribution >= 4 is 23.4 Å². The predicted molar refractivity (Wildman–Crippen MR) is 101 cm³/mol. The third kappa shape index (κ3) is 4.90. The summed E-state index contributed by atoms with van der Waals surface area (Å²) in [5, 5.41) is 11.4. The van der Waals surface area contributed by atoms with Crippen molar-refractivity contribution in [2.45, 2.75) is 11.7 Å². The largest absolute Gasteiger partial charge is 0.383 e. The normalized spacial score (nSPS) is 10.8. The van der Waals surface area contributed by atoms with Gasteiger partial charge in [-0.25, -0.2) is 8.78 Å². The van der Waals surface area contributed by atoms with Gasteiger partial charge in [0.1, 0.15) is 0 Å². The van der Waals surface area contributed by atoms with E-state index < -0.39 is 11.6 Å². The first kappa shape index (κ1) is 19.9. The number of anilines is 1. The lowest BCUT2D eigenvalue weighted by molar-refractivity contribution is -0.113. The number of pyridine rings is 1. The number of aromatic nitrogens is 4. The smallest absolute Gasteiger partial charge is 0.234 e. The molecule has 0 atom stereocenters. The van der Waals surface area contributed by atoms with Crippen LogP contribution >= 0.6 is 11.8 Å². The minimum Gasteiger partial charge on any atom is -0.383 e. The maximum absolute atomic E-state index is 13.2. The lowest BCUT2D eigenvalue weighted by Gasteiger charge is -2.10. The van der Waals surface area contributed by atoms with Crippen molar-refractivity contribution in [3.8, 4) is 11.4 Å². The number of hydrogen-bond acceptors (Lipinski definition) is 6. The second-order valence-electron chi connectivity index (χ2n) is 5.65. The molecular weight excluding hydrogens is 388 g/mol. The van der Waals surface area contributed by atoms with Crippen LogP contribution in [0.2, 0.25) is 0 Å². The van der Waals surface area contributed by atoms with Crippen molar-refractivity contribution in [1.82, 2.24) is 19.7 Å². The molecule has 1 amide bonds. The van der Waals surface area contributed by atoms with Gasteiger partial charge < -0.3 is 10.1 Å². The van der Waals surface area contributed by atoms with E-state index >= 15 is 0 Å². The molecule has 7 nitrogen and oxygen atoms in total. The number of carbonyl (C=O) groups excluding carboxylic acids is 1. The van der Waals surface area contributed by atoms with Gasteiger partial charge in [0.25, 0.3) is 0 Å². The van der Waals surface area contributed by atoms with Gasteiger partial charge in [0.2, 0.25) is 5.91 Å². The average molecular weight is 405 g/mol. The van der Waals surface area contributed by atoms with Gasteiger partial charge >= 0.3 is 0 Å². The van der Waals surface area contributed by atoms with Crippen molar-refractivity contribution in [2.24, 2.45) is 0 Å². The number of amides is 1. The molecule has 0 aliphatic rings. The fourth-order valence-electron chi connectivity index (χ4n) is 2.40. The summed E-state index contributed by atoms with van der Waals surface area (Å²) in [5.74, 6) is -1.69. The molecule has 0 radical (unpaired) electrons. The number of carbonyl (C=O) groups is 1. The molecule has 0 fully saturated rings. The third-order valence-electron chi connectivity index (χ3n) is 3.71. The average Bonchev–Trinajstić information content (AvgIpc) is 3.11. The highest BCUT2D eigenvalue weighted by Crippen LogP contribution is 2.24. The Morgan fingerprint density at radius 2 is 1.96 bits per heavy atom. The number of methoxy groups -OCH3 is 1. The predicted octanol–water partition coefficient (Wildman–Crippen LogP) is 3.00. The number of benzene rings is 1. The van der Waals surface area contributed by atoms with E-state index in [9.17, 15) is 13.6 Å². The Labute approximate surface area is 164 Å². The summed E-state index contributed by atoms with van der Waals surface area (Å²) in [6, 6.07) is 6.82. The Hall–Kier alpha value is -2.85. The molecule has 28 heavy (non-hydrogen) atoms. The third-order valence-corrected chi connectivity index (χ3v) is 4.68. The molecule has 0 unspecified atom stereocenters. The second kappa shape index (κ2) is 9.38. The van der Waals surface area contributed by atoms with E-state index in [0.29, 0.717) is 24.1 Å². The molecule has 1 aromatic carbocycles. The van der Waals surface area contributed by atoms with Crippen LogP contribution in [0.1, 0.15) is 0 Å². The van der Waals surface area contributed by atoms with Crippen LogP contribution < -0.4 is 5.32 Å². The Balaban J connectivity index is 1.70. The van der Waals surface area contributed by atoms with Gasteiger partial charge in [-0.3, -0.25) is 14.3 Å². The van der Waals surface area contributed by atoms with Crippen LogP contribution in [-0.4, -0.2) is 45.1 Å². The van der Waals surface area contributed by atoms with Crippen LogP contribution in [0.3, 0.4) is 0 Å². The number of nitrogens with zero attached hydrogens (tertiary/aromatic N) is 4. The number of halogens is 2. The standard InChI is InChI=1S/C18H17F2N5O2S/c1-27-9-8-25-17(12-4-6-21-7-5-12)23-24-18(25)28-11-16(26)22-13-2-3-14(19)15(20)10-13/h2-7,10H,8-9,11H2,1H3,(H,22,26). The molecule has 2 heterocycles. The van der Waals surface area contributed by atoms with E-state index in [-0.39, 0.29) is 17.3 Å². The van der Waals surface area contributed by atoms with E-state index in [1.807, 2.05) is 16.7 Å². The number of thioether (sulfide) groups is 1. The van der Waals surface area contributed by atoms with E-state index in [4.69, 9.17) is 4.74 Å². The second-order valence-corrected chi connectivity index (χ2v) is 6.59. The molecule has 0 saturated heterocycles. The summed E-state index contributed by atoms with van der Waals surface area (Å²) in [6.07, 6.45) is 3.32. The van der Waals surface area contributed by atoms with E-state index in [2.05, 4.69) is 20.5 Å². The van der Waals surface area contributed by atoms with Gasteiger partial charge in [0.15, 0.2) is 22.6 Å². The van der Waals surface area contributed by atoms with Gasteiger partial charge in [-0.1, -0.05) is 11.8 Å². The highest BCUT2D eigenvalue weighted by Gasteiger charge is 2.16. The fraction of sp³-hybridized carbons (Fsp3) is 0.222. The zero-order chi connectivity index (χ0) is 19.9. The minimum atomic E-state index is -1.02. The van der Waals surface area contributed by atoms with Gasteiger partial charge in [-0.2, -0.15) is 0 Å². The first-order valence-electron chi connectivity index (χ1n) is 8.28. The van der Waals surface area contributed by atoms with Crippen LogP contribution in [0.15, 0.2) is 47.9 Å². The van der Waals surface area contributed by atoms with Crippen LogP contribution in [0.5, 0.6) is 0 Å². The van der Waals surface area contributed by atoms with Crippen LogP contribution in [0, 0.1) is 11.6 Å². The Bertz CT molecular complexity index is 952. The van der Waals surface area contributed by atoms with Gasteiger partial charge in [0.05, 0.1) is 18.9 Å². The number of rotatable bonds is 8. The van der Waals surface area contributed by atoms with Crippen LogP contribution in [-0.2, 0) is 16.1 Å². The summed E-state index contributed by atoms with van der Waals surface area (Å²) in [4.78, 5) is 16.1. The first-order valence-corrected chi connectivity index (χ1v) is 9.27. The SMILES string of the molecule is COCCn1c(SCC(=O)Nc2ccc(F)c(F)c2)nnc1-c1ccncc1. The summed E-state index contributed by atoms with van der Waals surface area (Å²) in [5.41, 5.74) is 1.03. The molecule has 3 aromatic rings. The Morgan fingerprint density at radius 3 is 2.68 bits per heavy atom. The monoisotopic (exact) mass is 405 g/mol. The molecule has 3 rings (SSSR count). The first-order chi connectivity index (χ1) is 13.6. The summed E-state index contributed by atoms with van der Waals surface area (Å²) in [6.45, 7) is 0.957. The molecule has 10 heteroatoms. The summed E-state index contributed by atoms with van der Waals surface area (Å²) in [7, 11) is 1.60. The zero-order valence-corrected chi connectivity index (χ0v) is 15.7. The van der Waals surface area contributed by atoms with Gasteiger partial charge in [-0.15, -0.1) is 10.2 Å². The van der Waals surface area contributed by atoms with Gasteiger partial charge in [0, 0.05) is 36.8 Å². The number of hydrogen-bond donors (Lipinski definition) is 1. The van der Waals surface area contributed by atoms with Crippen molar-refractivity contribution in [2.75, 3.05) is 24.8 Å². The quantitative estimate of drug-likeness (QED) is 0.580. The fourth-order valence-corrected chi connectivity index (χ4v) is 3.16. The molecule has 0 aliphatic carbocycles. The maximum Gasteiger partial charge on any atom is 0.234 e. The highest BCUT2D eigenvalue weighted by atomic mass is 32.2. The number of nitrogens with one attached hydrogen (secondary N) is 1. The summed E-state index contributed by atoms with van der Waals surface area (Å²) >= 11 is 1.19. The minimum absolute atomic E-state index is 0.0282. The lowest BCUT2D eigenvalue weighted by Crippen LogP contribution is -2.15. The summed E-state index contributed by atoms with van der Waals surface area (Å²) < 4.78 is 33.2. The molecule has 0 spiro atoms. The van der Waals surface area contributed by atoms with E-state index in [0.717, 1.165) is 17.7 Å². The van der Waals surface area contributed by atoms with E-state index in [1.165, 1.54) is 17.8 Å². The molecule has 146 valence electrons. The number of ether oxygens (including phenoxy) is 1. The molecule has 1 N–H and O–H groups in total. The molecule has 0 bridgehead atoms. The molecular formula is C18H17F2N5O2S. The van der Waals surface area contributed by atoms with Crippen LogP contribution in [0.4, 0.5) is 14.5 Å². The molecule has 0 aliphatic heterocycles. The Morgan fingerprint density at radius 1 is 1.18 bits per heavy atom. The highest BCUT2D eigenvalue weighted by molar-refractivity contribution is 7.99. The lowest BCUT2D eigenvalue weighted by atomic mass is 10.2. The van der Waals surface area contributed by atoms with Crippen LogP contribution in [0.25, 0.3) is 11.4 Å². The van der Waals surface area contributed by atoms with Crippen molar-refractivity contribution < 1.29 is 18.3 Å². The van der Waals surface area contributed by atoms with Crippen molar-refractivity contribution in [1.29, 1.82) is 0 Å². The van der Waals surface area contributed by atoms with Crippen molar-refractivity contribution in [3.63, 3.8) is 0 Å². The van der Waals surface area contributed by atoms with Gasteiger partial charge in [-0.05, 0) is 24.3 Å². The van der Waals surface area contributed by atoms with Crippen molar-refractivity contribution in [3.05, 3.63) is 54.4 Å². The molecule has 0 saturated carbocycles.